The molecule has 1 aliphatic rings. The summed E-state index contributed by atoms with van der Waals surface area (Å²) in [5.41, 5.74) is 3.31. The van der Waals surface area contributed by atoms with Gasteiger partial charge in [-0.15, -0.1) is 11.8 Å². The second kappa shape index (κ2) is 8.91. The summed E-state index contributed by atoms with van der Waals surface area (Å²) in [6.07, 6.45) is 3.95. The number of hydrogen-bond acceptors (Lipinski definition) is 3. The largest absolute Gasteiger partial charge is 0.355 e. The van der Waals surface area contributed by atoms with E-state index in [9.17, 15) is 9.59 Å². The molecule has 0 saturated heterocycles. The average molecular weight is 381 g/mol. The van der Waals surface area contributed by atoms with Crippen molar-refractivity contribution in [3.05, 3.63) is 71.4 Å². The molecule has 0 saturated carbocycles. The molecule has 0 spiro atoms. The third kappa shape index (κ3) is 5.01. The summed E-state index contributed by atoms with van der Waals surface area (Å²) in [4.78, 5) is 27.3. The van der Waals surface area contributed by atoms with Crippen molar-refractivity contribution < 1.29 is 9.59 Å². The van der Waals surface area contributed by atoms with Gasteiger partial charge in [0, 0.05) is 30.3 Å². The third-order valence-electron chi connectivity index (χ3n) is 4.56. The van der Waals surface area contributed by atoms with Crippen LogP contribution in [0.2, 0.25) is 0 Å². The van der Waals surface area contributed by atoms with E-state index in [0.717, 1.165) is 16.9 Å². The van der Waals surface area contributed by atoms with E-state index >= 15 is 0 Å². The zero-order valence-corrected chi connectivity index (χ0v) is 16.5. The highest BCUT2D eigenvalue weighted by Gasteiger charge is 2.27. The van der Waals surface area contributed by atoms with Gasteiger partial charge >= 0.3 is 0 Å². The van der Waals surface area contributed by atoms with Gasteiger partial charge in [-0.25, -0.2) is 0 Å². The number of amides is 2. The average Bonchev–Trinajstić information content (AvgIpc) is 2.66. The molecule has 0 bridgehead atoms. The standard InChI is InChI=1S/C22H24N2O2S/c1-16-7-9-19(10-8-16)27-14-12-23-22(26)15-21-20-6-4-3-5-18(20)11-13-24(21)17(2)25/h3-11,13,21H,12,14-15H2,1-2H3,(H,23,26). The maximum absolute atomic E-state index is 12.5. The van der Waals surface area contributed by atoms with Crippen LogP contribution in [0.5, 0.6) is 0 Å². The molecule has 1 unspecified atom stereocenters. The van der Waals surface area contributed by atoms with Crippen molar-refractivity contribution in [2.24, 2.45) is 0 Å². The fourth-order valence-electron chi connectivity index (χ4n) is 3.15. The van der Waals surface area contributed by atoms with Crippen molar-refractivity contribution in [3.8, 4) is 0 Å². The molecule has 5 heteroatoms. The van der Waals surface area contributed by atoms with Crippen LogP contribution in [0, 0.1) is 6.92 Å². The molecule has 0 aromatic heterocycles. The molecule has 0 aliphatic carbocycles. The highest BCUT2D eigenvalue weighted by atomic mass is 32.2. The van der Waals surface area contributed by atoms with Gasteiger partial charge in [0.15, 0.2) is 0 Å². The van der Waals surface area contributed by atoms with Gasteiger partial charge in [0.25, 0.3) is 0 Å². The molecule has 140 valence electrons. The van der Waals surface area contributed by atoms with Crippen molar-refractivity contribution in [1.29, 1.82) is 0 Å². The van der Waals surface area contributed by atoms with Gasteiger partial charge in [-0.3, -0.25) is 9.59 Å². The van der Waals surface area contributed by atoms with Crippen LogP contribution in [0.4, 0.5) is 0 Å². The number of hydrogen-bond donors (Lipinski definition) is 1. The molecule has 1 atom stereocenters. The Morgan fingerprint density at radius 1 is 1.11 bits per heavy atom. The maximum atomic E-state index is 12.5. The lowest BCUT2D eigenvalue weighted by atomic mass is 9.93. The van der Waals surface area contributed by atoms with Gasteiger partial charge < -0.3 is 10.2 Å². The van der Waals surface area contributed by atoms with Crippen LogP contribution in [0.3, 0.4) is 0 Å². The van der Waals surface area contributed by atoms with Gasteiger partial charge in [0.05, 0.1) is 12.5 Å². The van der Waals surface area contributed by atoms with Crippen LogP contribution in [0.25, 0.3) is 6.08 Å². The summed E-state index contributed by atoms with van der Waals surface area (Å²) < 4.78 is 0. The fourth-order valence-corrected chi connectivity index (χ4v) is 3.92. The second-order valence-corrected chi connectivity index (χ2v) is 7.77. The van der Waals surface area contributed by atoms with E-state index in [2.05, 4.69) is 36.5 Å². The lowest BCUT2D eigenvalue weighted by Gasteiger charge is -2.32. The maximum Gasteiger partial charge on any atom is 0.223 e. The lowest BCUT2D eigenvalue weighted by Crippen LogP contribution is -2.35. The van der Waals surface area contributed by atoms with Gasteiger partial charge in [0.1, 0.15) is 0 Å². The number of nitrogens with one attached hydrogen (secondary N) is 1. The normalized spacial score (nSPS) is 15.3. The minimum atomic E-state index is -0.256. The summed E-state index contributed by atoms with van der Waals surface area (Å²) in [6, 6.07) is 16.0. The van der Waals surface area contributed by atoms with Crippen LogP contribution >= 0.6 is 11.8 Å². The summed E-state index contributed by atoms with van der Waals surface area (Å²) in [6.45, 7) is 4.20. The van der Waals surface area contributed by atoms with E-state index in [1.165, 1.54) is 17.4 Å². The molecule has 27 heavy (non-hydrogen) atoms. The number of aryl methyl sites for hydroxylation is 1. The summed E-state index contributed by atoms with van der Waals surface area (Å²) in [7, 11) is 0. The first kappa shape index (κ1) is 19.2. The van der Waals surface area contributed by atoms with Crippen molar-refractivity contribution >= 4 is 29.7 Å². The number of carbonyl (C=O) groups is 2. The van der Waals surface area contributed by atoms with E-state index in [-0.39, 0.29) is 24.3 Å². The van der Waals surface area contributed by atoms with Gasteiger partial charge in [0.2, 0.25) is 11.8 Å². The first-order valence-corrected chi connectivity index (χ1v) is 10.1. The zero-order chi connectivity index (χ0) is 19.2. The fraction of sp³-hybridized carbons (Fsp3) is 0.273. The Bertz CT molecular complexity index is 846. The number of carbonyl (C=O) groups excluding carboxylic acids is 2. The molecular formula is C22H24N2O2S. The predicted octanol–water partition coefficient (Wildman–Crippen LogP) is 4.17. The van der Waals surface area contributed by atoms with Gasteiger partial charge in [-0.2, -0.15) is 0 Å². The molecule has 4 nitrogen and oxygen atoms in total. The molecule has 2 amide bonds. The van der Waals surface area contributed by atoms with E-state index < -0.39 is 0 Å². The predicted molar refractivity (Wildman–Crippen MR) is 110 cm³/mol. The third-order valence-corrected chi connectivity index (χ3v) is 5.58. The number of fused-ring (bicyclic) bond motifs is 1. The Kier molecular flexibility index (Phi) is 6.35. The van der Waals surface area contributed by atoms with Crippen molar-refractivity contribution in [2.75, 3.05) is 12.3 Å². The molecule has 1 N–H and O–H groups in total. The van der Waals surface area contributed by atoms with Gasteiger partial charge in [-0.1, -0.05) is 42.0 Å². The SMILES string of the molecule is CC(=O)N1C=Cc2ccccc2C1CC(=O)NCCSc1ccc(C)cc1. The number of thioether (sulfide) groups is 1. The van der Waals surface area contributed by atoms with Crippen molar-refractivity contribution in [2.45, 2.75) is 31.2 Å². The lowest BCUT2D eigenvalue weighted by molar-refractivity contribution is -0.129. The topological polar surface area (TPSA) is 49.4 Å². The molecule has 0 fully saturated rings. The van der Waals surface area contributed by atoms with E-state index in [1.54, 1.807) is 22.9 Å². The molecule has 2 aromatic rings. The summed E-state index contributed by atoms with van der Waals surface area (Å²) in [5.74, 6) is 0.709. The summed E-state index contributed by atoms with van der Waals surface area (Å²) in [5, 5.41) is 2.98. The van der Waals surface area contributed by atoms with Crippen molar-refractivity contribution in [1.82, 2.24) is 10.2 Å². The molecule has 2 aromatic carbocycles. The molecule has 3 rings (SSSR count). The second-order valence-electron chi connectivity index (χ2n) is 6.60. The van der Waals surface area contributed by atoms with E-state index in [1.807, 2.05) is 30.3 Å². The minimum absolute atomic E-state index is 0.0409. The highest BCUT2D eigenvalue weighted by molar-refractivity contribution is 7.99. The Labute approximate surface area is 164 Å². The number of benzene rings is 2. The molecule has 0 radical (unpaired) electrons. The highest BCUT2D eigenvalue weighted by Crippen LogP contribution is 2.32. The van der Waals surface area contributed by atoms with E-state index in [0.29, 0.717) is 6.54 Å². The van der Waals surface area contributed by atoms with Crippen LogP contribution in [-0.4, -0.2) is 29.0 Å². The van der Waals surface area contributed by atoms with Crippen molar-refractivity contribution in [3.63, 3.8) is 0 Å². The molecule has 1 aliphatic heterocycles. The van der Waals surface area contributed by atoms with Crippen LogP contribution < -0.4 is 5.32 Å². The number of nitrogens with zero attached hydrogens (tertiary/aromatic N) is 1. The first-order chi connectivity index (χ1) is 13.0. The quantitative estimate of drug-likeness (QED) is 0.604. The Balaban J connectivity index is 1.55. The first-order valence-electron chi connectivity index (χ1n) is 9.07. The zero-order valence-electron chi connectivity index (χ0n) is 15.6. The Morgan fingerprint density at radius 2 is 1.85 bits per heavy atom. The molecular weight excluding hydrogens is 356 g/mol. The Morgan fingerprint density at radius 3 is 2.59 bits per heavy atom. The number of rotatable bonds is 6. The van der Waals surface area contributed by atoms with Gasteiger partial charge in [-0.05, 0) is 36.3 Å². The van der Waals surface area contributed by atoms with Crippen LogP contribution in [-0.2, 0) is 9.59 Å². The van der Waals surface area contributed by atoms with E-state index in [4.69, 9.17) is 0 Å². The van der Waals surface area contributed by atoms with Crippen LogP contribution in [0.1, 0.15) is 36.1 Å². The molecule has 1 heterocycles. The monoisotopic (exact) mass is 380 g/mol. The minimum Gasteiger partial charge on any atom is -0.355 e. The smallest absolute Gasteiger partial charge is 0.223 e. The van der Waals surface area contributed by atoms with Crippen LogP contribution in [0.15, 0.2) is 59.6 Å². The summed E-state index contributed by atoms with van der Waals surface area (Å²) >= 11 is 1.72. The Hall–Kier alpha value is -2.53.